The van der Waals surface area contributed by atoms with Crippen LogP contribution in [0.3, 0.4) is 0 Å². The molecule has 0 aliphatic carbocycles. The summed E-state index contributed by atoms with van der Waals surface area (Å²) in [6.45, 7) is 6.35. The fourth-order valence-corrected chi connectivity index (χ4v) is 3.78. The number of hydrogen-bond acceptors (Lipinski definition) is 3. The van der Waals surface area contributed by atoms with Gasteiger partial charge >= 0.3 is 0 Å². The first-order chi connectivity index (χ1) is 9.70. The van der Waals surface area contributed by atoms with Crippen LogP contribution in [0.15, 0.2) is 34.9 Å². The summed E-state index contributed by atoms with van der Waals surface area (Å²) in [5.41, 5.74) is 1.38. The van der Waals surface area contributed by atoms with E-state index in [0.717, 1.165) is 24.5 Å². The Morgan fingerprint density at radius 1 is 1.35 bits per heavy atom. The molecule has 0 aliphatic rings. The molecule has 20 heavy (non-hydrogen) atoms. The van der Waals surface area contributed by atoms with E-state index in [4.69, 9.17) is 0 Å². The van der Waals surface area contributed by atoms with Crippen molar-refractivity contribution in [2.75, 3.05) is 13.1 Å². The highest BCUT2D eigenvalue weighted by atomic mass is 79.9. The molecule has 0 saturated carbocycles. The van der Waals surface area contributed by atoms with Gasteiger partial charge in [-0.3, -0.25) is 0 Å². The van der Waals surface area contributed by atoms with Gasteiger partial charge in [0.2, 0.25) is 0 Å². The van der Waals surface area contributed by atoms with E-state index in [1.807, 2.05) is 6.20 Å². The zero-order valence-electron chi connectivity index (χ0n) is 12.0. The van der Waals surface area contributed by atoms with Crippen molar-refractivity contribution < 1.29 is 0 Å². The molecule has 1 N–H and O–H groups in total. The highest BCUT2D eigenvalue weighted by Gasteiger charge is 2.16. The first-order valence-corrected chi connectivity index (χ1v) is 8.68. The van der Waals surface area contributed by atoms with Gasteiger partial charge in [0.1, 0.15) is 0 Å². The summed E-state index contributed by atoms with van der Waals surface area (Å²) >= 11 is 5.49. The molecule has 2 rings (SSSR count). The second-order valence-corrected chi connectivity index (χ2v) is 7.15. The van der Waals surface area contributed by atoms with Gasteiger partial charge in [-0.25, -0.2) is 4.98 Å². The fraction of sp³-hybridized carbons (Fsp3) is 0.438. The molecule has 0 fully saturated rings. The quantitative estimate of drug-likeness (QED) is 0.739. The Labute approximate surface area is 133 Å². The number of nitrogens with zero attached hydrogens (tertiary/aromatic N) is 1. The summed E-state index contributed by atoms with van der Waals surface area (Å²) in [5, 5.41) is 4.70. The third-order valence-corrected chi connectivity index (χ3v) is 4.94. The number of aryl methyl sites for hydroxylation is 1. The van der Waals surface area contributed by atoms with Gasteiger partial charge in [-0.2, -0.15) is 0 Å². The molecule has 4 heteroatoms. The van der Waals surface area contributed by atoms with Crippen molar-refractivity contribution in [3.63, 3.8) is 0 Å². The number of nitrogens with one attached hydrogen (secondary N) is 1. The van der Waals surface area contributed by atoms with E-state index >= 15 is 0 Å². The van der Waals surface area contributed by atoms with Crippen LogP contribution in [0.25, 0.3) is 0 Å². The molecule has 0 aliphatic heterocycles. The smallest absolute Gasteiger partial charge is 0.0896 e. The highest BCUT2D eigenvalue weighted by Crippen LogP contribution is 2.29. The lowest BCUT2D eigenvalue weighted by molar-refractivity contribution is 0.577. The van der Waals surface area contributed by atoms with Gasteiger partial charge in [-0.05, 0) is 37.9 Å². The fourth-order valence-electron chi connectivity index (χ4n) is 2.29. The summed E-state index contributed by atoms with van der Waals surface area (Å²) in [6, 6.07) is 8.53. The van der Waals surface area contributed by atoms with Crippen molar-refractivity contribution >= 4 is 27.3 Å². The molecule has 0 spiro atoms. The van der Waals surface area contributed by atoms with E-state index in [-0.39, 0.29) is 0 Å². The Kier molecular flexibility index (Phi) is 6.20. The predicted octanol–water partition coefficient (Wildman–Crippen LogP) is 4.54. The monoisotopic (exact) mass is 352 g/mol. The molecule has 1 unspecified atom stereocenters. The van der Waals surface area contributed by atoms with Crippen LogP contribution in [0.2, 0.25) is 0 Å². The normalized spacial score (nSPS) is 12.6. The molecule has 1 heterocycles. The van der Waals surface area contributed by atoms with Crippen molar-refractivity contribution in [2.24, 2.45) is 0 Å². The van der Waals surface area contributed by atoms with Crippen molar-refractivity contribution in [1.29, 1.82) is 0 Å². The van der Waals surface area contributed by atoms with E-state index in [1.54, 1.807) is 11.3 Å². The molecule has 0 bridgehead atoms. The maximum atomic E-state index is 4.37. The van der Waals surface area contributed by atoms with Gasteiger partial charge in [0.15, 0.2) is 0 Å². The molecule has 0 saturated heterocycles. The lowest BCUT2D eigenvalue weighted by Crippen LogP contribution is -2.23. The maximum absolute atomic E-state index is 4.37. The summed E-state index contributed by atoms with van der Waals surface area (Å²) in [7, 11) is 0. The lowest BCUT2D eigenvalue weighted by atomic mass is 9.95. The first kappa shape index (κ1) is 15.7. The minimum atomic E-state index is 0.483. The van der Waals surface area contributed by atoms with Gasteiger partial charge in [0.05, 0.1) is 5.01 Å². The van der Waals surface area contributed by atoms with Crippen molar-refractivity contribution in [1.82, 2.24) is 10.3 Å². The molecule has 108 valence electrons. The molecule has 1 aromatic heterocycles. The van der Waals surface area contributed by atoms with Crippen LogP contribution in [-0.2, 0) is 6.42 Å². The van der Waals surface area contributed by atoms with E-state index in [9.17, 15) is 0 Å². The minimum absolute atomic E-state index is 0.483. The Balaban J connectivity index is 2.13. The van der Waals surface area contributed by atoms with Gasteiger partial charge in [0, 0.05) is 28.0 Å². The summed E-state index contributed by atoms with van der Waals surface area (Å²) in [5.74, 6) is 0.483. The Hall–Kier alpha value is -0.710. The summed E-state index contributed by atoms with van der Waals surface area (Å²) in [4.78, 5) is 5.73. The molecule has 1 atom stereocenters. The Morgan fingerprint density at radius 2 is 2.15 bits per heavy atom. The molecule has 2 nitrogen and oxygen atoms in total. The standard InChI is InChI=1S/C16H21BrN2S/c1-3-8-18-10-13(9-14-11-19-12(2)20-14)15-6-4-5-7-16(15)17/h4-7,11,13,18H,3,8-10H2,1-2H3. The molecular formula is C16H21BrN2S. The second-order valence-electron chi connectivity index (χ2n) is 4.97. The number of thiazole rings is 1. The number of rotatable bonds is 7. The average molecular weight is 353 g/mol. The van der Waals surface area contributed by atoms with Gasteiger partial charge in [0.25, 0.3) is 0 Å². The number of halogens is 1. The van der Waals surface area contributed by atoms with Crippen LogP contribution in [0, 0.1) is 6.92 Å². The van der Waals surface area contributed by atoms with Gasteiger partial charge in [-0.1, -0.05) is 41.1 Å². The Bertz CT molecular complexity index is 539. The second kappa shape index (κ2) is 7.91. The van der Waals surface area contributed by atoms with Crippen LogP contribution in [-0.4, -0.2) is 18.1 Å². The largest absolute Gasteiger partial charge is 0.316 e. The summed E-state index contributed by atoms with van der Waals surface area (Å²) in [6.07, 6.45) is 4.23. The van der Waals surface area contributed by atoms with Crippen molar-refractivity contribution in [2.45, 2.75) is 32.6 Å². The van der Waals surface area contributed by atoms with Crippen LogP contribution in [0.4, 0.5) is 0 Å². The number of hydrogen-bond donors (Lipinski definition) is 1. The van der Waals surface area contributed by atoms with Crippen LogP contribution in [0.1, 0.15) is 34.7 Å². The lowest BCUT2D eigenvalue weighted by Gasteiger charge is -2.18. The van der Waals surface area contributed by atoms with Crippen molar-refractivity contribution in [3.05, 3.63) is 50.4 Å². The van der Waals surface area contributed by atoms with E-state index in [0.29, 0.717) is 5.92 Å². The zero-order valence-corrected chi connectivity index (χ0v) is 14.4. The highest BCUT2D eigenvalue weighted by molar-refractivity contribution is 9.10. The Morgan fingerprint density at radius 3 is 2.80 bits per heavy atom. The maximum Gasteiger partial charge on any atom is 0.0896 e. The third-order valence-electron chi connectivity index (χ3n) is 3.28. The van der Waals surface area contributed by atoms with E-state index < -0.39 is 0 Å². The molecule has 0 amide bonds. The third kappa shape index (κ3) is 4.40. The molecule has 2 aromatic rings. The van der Waals surface area contributed by atoms with Crippen LogP contribution >= 0.6 is 27.3 Å². The van der Waals surface area contributed by atoms with Gasteiger partial charge < -0.3 is 5.32 Å². The topological polar surface area (TPSA) is 24.9 Å². The number of aromatic nitrogens is 1. The van der Waals surface area contributed by atoms with Crippen LogP contribution < -0.4 is 5.32 Å². The van der Waals surface area contributed by atoms with E-state index in [1.165, 1.54) is 21.3 Å². The zero-order chi connectivity index (χ0) is 14.4. The molecule has 1 aromatic carbocycles. The predicted molar refractivity (Wildman–Crippen MR) is 90.6 cm³/mol. The molecule has 0 radical (unpaired) electrons. The van der Waals surface area contributed by atoms with Crippen LogP contribution in [0.5, 0.6) is 0 Å². The minimum Gasteiger partial charge on any atom is -0.316 e. The van der Waals surface area contributed by atoms with Gasteiger partial charge in [-0.15, -0.1) is 11.3 Å². The number of benzene rings is 1. The molecular weight excluding hydrogens is 332 g/mol. The van der Waals surface area contributed by atoms with E-state index in [2.05, 4.69) is 64.3 Å². The summed E-state index contributed by atoms with van der Waals surface area (Å²) < 4.78 is 1.20. The first-order valence-electron chi connectivity index (χ1n) is 7.07. The average Bonchev–Trinajstić information content (AvgIpc) is 2.84. The SMILES string of the molecule is CCCNCC(Cc1cnc(C)s1)c1ccccc1Br. The van der Waals surface area contributed by atoms with Crippen molar-refractivity contribution in [3.8, 4) is 0 Å².